The van der Waals surface area contributed by atoms with E-state index in [2.05, 4.69) is 5.32 Å². The van der Waals surface area contributed by atoms with E-state index in [1.807, 2.05) is 0 Å². The van der Waals surface area contributed by atoms with Crippen LogP contribution in [0.4, 0.5) is 13.2 Å². The number of halogens is 3. The van der Waals surface area contributed by atoms with Gasteiger partial charge in [0.2, 0.25) is 5.91 Å². The van der Waals surface area contributed by atoms with Crippen molar-refractivity contribution in [3.8, 4) is 0 Å². The number of hydrogen-bond donors (Lipinski definition) is 2. The van der Waals surface area contributed by atoms with Crippen LogP contribution >= 0.6 is 0 Å². The molecule has 0 radical (unpaired) electrons. The second-order valence-electron chi connectivity index (χ2n) is 5.85. The fourth-order valence-electron chi connectivity index (χ4n) is 2.70. The summed E-state index contributed by atoms with van der Waals surface area (Å²) in [6.07, 6.45) is -4.14. The second-order valence-corrected chi connectivity index (χ2v) is 5.85. The minimum absolute atomic E-state index is 0.0120. The van der Waals surface area contributed by atoms with Crippen LogP contribution in [0.1, 0.15) is 18.4 Å². The molecule has 1 aliphatic rings. The minimum atomic E-state index is -4.52. The number of carbonyl (C=O) groups excluding carboxylic acids is 1. The topological polar surface area (TPSA) is 64.4 Å². The van der Waals surface area contributed by atoms with Gasteiger partial charge >= 0.3 is 6.18 Å². The second kappa shape index (κ2) is 7.31. The molecule has 3 N–H and O–H groups in total. The van der Waals surface area contributed by atoms with Gasteiger partial charge in [-0.1, -0.05) is 30.3 Å². The molecule has 4 nitrogen and oxygen atoms in total. The van der Waals surface area contributed by atoms with E-state index in [1.54, 1.807) is 30.3 Å². The monoisotopic (exact) mass is 330 g/mol. The molecule has 1 saturated heterocycles. The molecule has 1 atom stereocenters. The van der Waals surface area contributed by atoms with Crippen molar-refractivity contribution in [2.75, 3.05) is 19.8 Å². The molecule has 1 aromatic rings. The smallest absolute Gasteiger partial charge is 0.381 e. The number of benzene rings is 1. The number of ether oxygens (including phenoxy) is 1. The van der Waals surface area contributed by atoms with E-state index in [9.17, 15) is 18.0 Å². The normalized spacial score (nSPS) is 19.1. The molecule has 128 valence electrons. The van der Waals surface area contributed by atoms with E-state index in [0.717, 1.165) is 0 Å². The summed E-state index contributed by atoms with van der Waals surface area (Å²) in [5, 5.41) is 2.17. The van der Waals surface area contributed by atoms with Gasteiger partial charge in [0.15, 0.2) is 0 Å². The summed E-state index contributed by atoms with van der Waals surface area (Å²) in [4.78, 5) is 12.5. The van der Waals surface area contributed by atoms with Crippen molar-refractivity contribution in [1.29, 1.82) is 0 Å². The molecule has 7 heteroatoms. The number of nitrogens with one attached hydrogen (secondary N) is 1. The lowest BCUT2D eigenvalue weighted by atomic mass is 9.79. The quantitative estimate of drug-likeness (QED) is 0.868. The standard InChI is InChI=1S/C16H21F3N2O2/c17-16(18,19)13(10-12-4-2-1-3-5-12)21-14(22)15(11-20)6-8-23-9-7-15/h1-5,13H,6-11,20H2,(H,21,22). The van der Waals surface area contributed by atoms with Gasteiger partial charge in [-0.05, 0) is 18.4 Å². The van der Waals surface area contributed by atoms with E-state index in [0.29, 0.717) is 31.6 Å². The number of hydrogen-bond acceptors (Lipinski definition) is 3. The average molecular weight is 330 g/mol. The number of nitrogens with two attached hydrogens (primary N) is 1. The lowest BCUT2D eigenvalue weighted by molar-refractivity contribution is -0.166. The summed E-state index contributed by atoms with van der Waals surface area (Å²) in [6.45, 7) is 0.679. The largest absolute Gasteiger partial charge is 0.408 e. The average Bonchev–Trinajstić information content (AvgIpc) is 2.55. The lowest BCUT2D eigenvalue weighted by Crippen LogP contribution is -2.55. The van der Waals surface area contributed by atoms with E-state index in [1.165, 1.54) is 0 Å². The van der Waals surface area contributed by atoms with E-state index in [-0.39, 0.29) is 13.0 Å². The van der Waals surface area contributed by atoms with Gasteiger partial charge in [0.05, 0.1) is 5.41 Å². The summed E-state index contributed by atoms with van der Waals surface area (Å²) in [5.74, 6) is -0.637. The number of rotatable bonds is 5. The summed E-state index contributed by atoms with van der Waals surface area (Å²) in [7, 11) is 0. The van der Waals surface area contributed by atoms with Gasteiger partial charge in [0, 0.05) is 26.2 Å². The van der Waals surface area contributed by atoms with E-state index < -0.39 is 23.5 Å². The maximum Gasteiger partial charge on any atom is 0.408 e. The van der Waals surface area contributed by atoms with Gasteiger partial charge in [0.25, 0.3) is 0 Å². The van der Waals surface area contributed by atoms with Crippen molar-refractivity contribution in [2.24, 2.45) is 11.1 Å². The zero-order chi connectivity index (χ0) is 16.9. The zero-order valence-electron chi connectivity index (χ0n) is 12.7. The maximum absolute atomic E-state index is 13.3. The van der Waals surface area contributed by atoms with Gasteiger partial charge < -0.3 is 15.8 Å². The number of alkyl halides is 3. The zero-order valence-corrected chi connectivity index (χ0v) is 12.7. The van der Waals surface area contributed by atoms with Crippen LogP contribution in [0.3, 0.4) is 0 Å². The summed E-state index contributed by atoms with van der Waals surface area (Å²) >= 11 is 0. The van der Waals surface area contributed by atoms with Crippen molar-refractivity contribution in [2.45, 2.75) is 31.5 Å². The van der Waals surface area contributed by atoms with Crippen LogP contribution < -0.4 is 11.1 Å². The van der Waals surface area contributed by atoms with E-state index >= 15 is 0 Å². The molecule has 0 spiro atoms. The van der Waals surface area contributed by atoms with Crippen LogP contribution in [0.2, 0.25) is 0 Å². The third kappa shape index (κ3) is 4.45. The van der Waals surface area contributed by atoms with Gasteiger partial charge in [-0.3, -0.25) is 4.79 Å². The molecule has 0 aromatic heterocycles. The van der Waals surface area contributed by atoms with E-state index in [4.69, 9.17) is 10.5 Å². The molecule has 1 heterocycles. The highest BCUT2D eigenvalue weighted by Gasteiger charge is 2.45. The number of carbonyl (C=O) groups is 1. The first kappa shape index (κ1) is 17.7. The Morgan fingerprint density at radius 1 is 1.26 bits per heavy atom. The molecule has 1 unspecified atom stereocenters. The Balaban J connectivity index is 2.12. The molecular formula is C16H21F3N2O2. The molecule has 0 bridgehead atoms. The minimum Gasteiger partial charge on any atom is -0.381 e. The Labute approximate surface area is 133 Å². The lowest BCUT2D eigenvalue weighted by Gasteiger charge is -2.36. The number of amides is 1. The Morgan fingerprint density at radius 3 is 2.39 bits per heavy atom. The van der Waals surface area contributed by atoms with Crippen LogP contribution in [0.25, 0.3) is 0 Å². The van der Waals surface area contributed by atoms with Crippen molar-refractivity contribution in [1.82, 2.24) is 5.32 Å². The molecule has 1 fully saturated rings. The summed E-state index contributed by atoms with van der Waals surface area (Å²) in [5.41, 5.74) is 5.22. The Kier molecular flexibility index (Phi) is 5.64. The van der Waals surface area contributed by atoms with Crippen molar-refractivity contribution < 1.29 is 22.7 Å². The maximum atomic E-state index is 13.3. The summed E-state index contributed by atoms with van der Waals surface area (Å²) in [6, 6.07) is 6.37. The van der Waals surface area contributed by atoms with Crippen molar-refractivity contribution in [3.63, 3.8) is 0 Å². The van der Waals surface area contributed by atoms with Crippen molar-refractivity contribution in [3.05, 3.63) is 35.9 Å². The Bertz CT molecular complexity index is 514. The van der Waals surface area contributed by atoms with Gasteiger partial charge in [-0.25, -0.2) is 0 Å². The Morgan fingerprint density at radius 2 is 1.87 bits per heavy atom. The van der Waals surface area contributed by atoms with Crippen LogP contribution in [-0.2, 0) is 16.0 Å². The van der Waals surface area contributed by atoms with Crippen molar-refractivity contribution >= 4 is 5.91 Å². The highest BCUT2D eigenvalue weighted by molar-refractivity contribution is 5.83. The molecular weight excluding hydrogens is 309 g/mol. The molecule has 2 rings (SSSR count). The fraction of sp³-hybridized carbons (Fsp3) is 0.562. The predicted molar refractivity (Wildman–Crippen MR) is 79.7 cm³/mol. The highest BCUT2D eigenvalue weighted by Crippen LogP contribution is 2.31. The molecule has 1 aromatic carbocycles. The molecule has 23 heavy (non-hydrogen) atoms. The van der Waals surface area contributed by atoms with Crippen LogP contribution in [-0.4, -0.2) is 37.9 Å². The SMILES string of the molecule is NCC1(C(=O)NC(Cc2ccccc2)C(F)(F)F)CCOCC1. The highest BCUT2D eigenvalue weighted by atomic mass is 19.4. The first-order valence-corrected chi connectivity index (χ1v) is 7.57. The fourth-order valence-corrected chi connectivity index (χ4v) is 2.70. The third-order valence-electron chi connectivity index (χ3n) is 4.31. The molecule has 0 aliphatic carbocycles. The van der Waals surface area contributed by atoms with Gasteiger partial charge in [-0.15, -0.1) is 0 Å². The first-order chi connectivity index (χ1) is 10.9. The first-order valence-electron chi connectivity index (χ1n) is 7.57. The Hall–Kier alpha value is -1.60. The van der Waals surface area contributed by atoms with Gasteiger partial charge in [-0.2, -0.15) is 13.2 Å². The summed E-state index contributed by atoms with van der Waals surface area (Å²) < 4.78 is 45.1. The van der Waals surface area contributed by atoms with Crippen LogP contribution in [0, 0.1) is 5.41 Å². The van der Waals surface area contributed by atoms with Crippen LogP contribution in [0.5, 0.6) is 0 Å². The molecule has 1 aliphatic heterocycles. The van der Waals surface area contributed by atoms with Gasteiger partial charge in [0.1, 0.15) is 6.04 Å². The molecule has 1 amide bonds. The van der Waals surface area contributed by atoms with Crippen LogP contribution in [0.15, 0.2) is 30.3 Å². The molecule has 0 saturated carbocycles. The third-order valence-corrected chi connectivity index (χ3v) is 4.31. The predicted octanol–water partition coefficient (Wildman–Crippen LogP) is 2.03.